The summed E-state index contributed by atoms with van der Waals surface area (Å²) in [5, 5.41) is 2.79. The smallest absolute Gasteiger partial charge is 0.291 e. The molecule has 1 amide bonds. The van der Waals surface area contributed by atoms with Gasteiger partial charge in [-0.05, 0) is 66.4 Å². The predicted molar refractivity (Wildman–Crippen MR) is 105 cm³/mol. The van der Waals surface area contributed by atoms with Crippen LogP contribution in [-0.4, -0.2) is 10.9 Å². The van der Waals surface area contributed by atoms with Crippen molar-refractivity contribution in [3.05, 3.63) is 72.2 Å². The summed E-state index contributed by atoms with van der Waals surface area (Å²) < 4.78 is 11.0. The molecule has 2 aromatic heterocycles. The summed E-state index contributed by atoms with van der Waals surface area (Å²) in [6.45, 7) is 4.38. The van der Waals surface area contributed by atoms with E-state index >= 15 is 0 Å². The predicted octanol–water partition coefficient (Wildman–Crippen LogP) is 5.85. The molecule has 5 heteroatoms. The van der Waals surface area contributed by atoms with Gasteiger partial charge in [0.05, 0.1) is 6.26 Å². The van der Waals surface area contributed by atoms with Crippen LogP contribution in [0.2, 0.25) is 0 Å². The zero-order valence-corrected chi connectivity index (χ0v) is 15.2. The van der Waals surface area contributed by atoms with Crippen LogP contribution >= 0.6 is 0 Å². The summed E-state index contributed by atoms with van der Waals surface area (Å²) in [7, 11) is 0. The van der Waals surface area contributed by atoms with Gasteiger partial charge in [0.2, 0.25) is 5.89 Å². The highest BCUT2D eigenvalue weighted by atomic mass is 16.3. The van der Waals surface area contributed by atoms with Crippen LogP contribution in [0.1, 0.15) is 42.3 Å². The van der Waals surface area contributed by atoms with Gasteiger partial charge in [0, 0.05) is 11.3 Å². The second-order valence-corrected chi connectivity index (χ2v) is 6.56. The Hall–Kier alpha value is -3.34. The van der Waals surface area contributed by atoms with Gasteiger partial charge in [0.15, 0.2) is 11.3 Å². The molecule has 5 nitrogen and oxygen atoms in total. The molecule has 1 atom stereocenters. The Labute approximate surface area is 157 Å². The third-order valence-electron chi connectivity index (χ3n) is 4.73. The number of carbonyl (C=O) groups excluding carboxylic acids is 1. The molecule has 0 bridgehead atoms. The molecule has 0 aliphatic heterocycles. The van der Waals surface area contributed by atoms with Crippen LogP contribution in [0.25, 0.3) is 22.6 Å². The first-order chi connectivity index (χ1) is 13.1. The van der Waals surface area contributed by atoms with Gasteiger partial charge in [-0.15, -0.1) is 0 Å². The highest BCUT2D eigenvalue weighted by Crippen LogP contribution is 2.28. The zero-order valence-electron chi connectivity index (χ0n) is 15.2. The van der Waals surface area contributed by atoms with E-state index in [1.807, 2.05) is 30.3 Å². The van der Waals surface area contributed by atoms with Crippen LogP contribution in [-0.2, 0) is 0 Å². The molecule has 0 saturated carbocycles. The Kier molecular flexibility index (Phi) is 4.50. The van der Waals surface area contributed by atoms with E-state index in [9.17, 15) is 4.79 Å². The number of amides is 1. The second-order valence-electron chi connectivity index (χ2n) is 6.56. The van der Waals surface area contributed by atoms with Gasteiger partial charge in [-0.25, -0.2) is 4.98 Å². The Morgan fingerprint density at radius 3 is 2.67 bits per heavy atom. The molecule has 1 N–H and O–H groups in total. The molecule has 2 aromatic carbocycles. The largest absolute Gasteiger partial charge is 0.459 e. The number of carbonyl (C=O) groups is 1. The van der Waals surface area contributed by atoms with Crippen molar-refractivity contribution in [2.45, 2.75) is 26.2 Å². The van der Waals surface area contributed by atoms with Crippen molar-refractivity contribution in [2.24, 2.45) is 0 Å². The Balaban J connectivity index is 1.55. The molecular formula is C22H20N2O3. The van der Waals surface area contributed by atoms with Gasteiger partial charge in [0.1, 0.15) is 5.52 Å². The van der Waals surface area contributed by atoms with Crippen LogP contribution in [0.4, 0.5) is 5.69 Å². The molecule has 0 spiro atoms. The summed E-state index contributed by atoms with van der Waals surface area (Å²) in [5.41, 5.74) is 4.42. The third-order valence-corrected chi connectivity index (χ3v) is 4.73. The molecule has 0 radical (unpaired) electrons. The topological polar surface area (TPSA) is 68.3 Å². The van der Waals surface area contributed by atoms with Crippen molar-refractivity contribution < 1.29 is 13.6 Å². The van der Waals surface area contributed by atoms with Crippen LogP contribution in [0.5, 0.6) is 0 Å². The molecule has 2 heterocycles. The first kappa shape index (κ1) is 17.1. The van der Waals surface area contributed by atoms with Crippen LogP contribution in [0, 0.1) is 0 Å². The number of nitrogens with one attached hydrogen (secondary N) is 1. The average Bonchev–Trinajstić information content (AvgIpc) is 3.37. The summed E-state index contributed by atoms with van der Waals surface area (Å²) in [5.74, 6) is 1.05. The number of benzene rings is 2. The van der Waals surface area contributed by atoms with E-state index in [4.69, 9.17) is 8.83 Å². The molecule has 0 fully saturated rings. The molecular weight excluding hydrogens is 340 g/mol. The average molecular weight is 360 g/mol. The maximum Gasteiger partial charge on any atom is 0.291 e. The van der Waals surface area contributed by atoms with Crippen molar-refractivity contribution in [3.63, 3.8) is 0 Å². The van der Waals surface area contributed by atoms with E-state index in [1.165, 1.54) is 11.8 Å². The van der Waals surface area contributed by atoms with Crippen molar-refractivity contribution in [1.29, 1.82) is 0 Å². The van der Waals surface area contributed by atoms with Crippen molar-refractivity contribution in [2.75, 3.05) is 5.32 Å². The Morgan fingerprint density at radius 2 is 1.96 bits per heavy atom. The van der Waals surface area contributed by atoms with Crippen LogP contribution in [0.15, 0.2) is 69.7 Å². The van der Waals surface area contributed by atoms with Gasteiger partial charge in [0.25, 0.3) is 5.91 Å². The number of oxazole rings is 1. The maximum atomic E-state index is 12.0. The SMILES string of the molecule is CC[C@H](C)c1ccc2oc(-c3ccc(NC(=O)c4ccco4)cc3)nc2c1. The second kappa shape index (κ2) is 7.11. The zero-order chi connectivity index (χ0) is 18.8. The number of anilines is 1. The molecule has 136 valence electrons. The summed E-state index contributed by atoms with van der Waals surface area (Å²) in [4.78, 5) is 16.6. The lowest BCUT2D eigenvalue weighted by Crippen LogP contribution is -2.10. The summed E-state index contributed by atoms with van der Waals surface area (Å²) in [6.07, 6.45) is 2.55. The first-order valence-corrected chi connectivity index (χ1v) is 9.00. The standard InChI is InChI=1S/C22H20N2O3/c1-3-14(2)16-8-11-19-18(13-16)24-22(27-19)15-6-9-17(10-7-15)23-21(25)20-5-4-12-26-20/h4-14H,3H2,1-2H3,(H,23,25)/t14-/m0/s1. The van der Waals surface area contributed by atoms with Gasteiger partial charge < -0.3 is 14.2 Å². The monoisotopic (exact) mass is 360 g/mol. The van der Waals surface area contributed by atoms with Gasteiger partial charge >= 0.3 is 0 Å². The number of rotatable bonds is 5. The number of hydrogen-bond acceptors (Lipinski definition) is 4. The Morgan fingerprint density at radius 1 is 1.15 bits per heavy atom. The molecule has 4 aromatic rings. The molecule has 27 heavy (non-hydrogen) atoms. The van der Waals surface area contributed by atoms with Gasteiger partial charge in [-0.1, -0.05) is 19.9 Å². The maximum absolute atomic E-state index is 12.0. The van der Waals surface area contributed by atoms with Gasteiger partial charge in [-0.2, -0.15) is 0 Å². The summed E-state index contributed by atoms with van der Waals surface area (Å²) in [6, 6.07) is 16.8. The quantitative estimate of drug-likeness (QED) is 0.484. The minimum atomic E-state index is -0.285. The first-order valence-electron chi connectivity index (χ1n) is 9.00. The van der Waals surface area contributed by atoms with Crippen molar-refractivity contribution in [3.8, 4) is 11.5 Å². The van der Waals surface area contributed by atoms with E-state index in [-0.39, 0.29) is 11.7 Å². The van der Waals surface area contributed by atoms with Crippen molar-refractivity contribution in [1.82, 2.24) is 4.98 Å². The van der Waals surface area contributed by atoms with E-state index < -0.39 is 0 Å². The molecule has 0 saturated heterocycles. The van der Waals surface area contributed by atoms with E-state index in [2.05, 4.69) is 36.3 Å². The van der Waals surface area contributed by atoms with Crippen LogP contribution in [0.3, 0.4) is 0 Å². The van der Waals surface area contributed by atoms with Crippen molar-refractivity contribution >= 4 is 22.7 Å². The third kappa shape index (κ3) is 3.49. The minimum Gasteiger partial charge on any atom is -0.459 e. The highest BCUT2D eigenvalue weighted by molar-refractivity contribution is 6.02. The molecule has 0 aliphatic rings. The summed E-state index contributed by atoms with van der Waals surface area (Å²) >= 11 is 0. The minimum absolute atomic E-state index is 0.273. The van der Waals surface area contributed by atoms with E-state index in [0.29, 0.717) is 17.5 Å². The normalized spacial score (nSPS) is 12.2. The Bertz CT molecular complexity index is 1060. The number of fused-ring (bicyclic) bond motifs is 1. The fourth-order valence-electron chi connectivity index (χ4n) is 2.91. The van der Waals surface area contributed by atoms with E-state index in [0.717, 1.165) is 23.1 Å². The molecule has 4 rings (SSSR count). The van der Waals surface area contributed by atoms with Gasteiger partial charge in [-0.3, -0.25) is 4.79 Å². The molecule has 0 unspecified atom stereocenters. The fourth-order valence-corrected chi connectivity index (χ4v) is 2.91. The lowest BCUT2D eigenvalue weighted by Gasteiger charge is -2.07. The molecule has 0 aliphatic carbocycles. The lowest BCUT2D eigenvalue weighted by atomic mass is 9.98. The lowest BCUT2D eigenvalue weighted by molar-refractivity contribution is 0.0996. The number of hydrogen-bond donors (Lipinski definition) is 1. The highest BCUT2D eigenvalue weighted by Gasteiger charge is 2.12. The fraction of sp³-hybridized carbons (Fsp3) is 0.182. The van der Waals surface area contributed by atoms with Crippen LogP contribution < -0.4 is 5.32 Å². The number of furan rings is 1. The number of aromatic nitrogens is 1. The number of nitrogens with zero attached hydrogens (tertiary/aromatic N) is 1. The van der Waals surface area contributed by atoms with E-state index in [1.54, 1.807) is 12.1 Å².